The molecule has 0 aromatic rings. The van der Waals surface area contributed by atoms with Crippen LogP contribution >= 0.6 is 0 Å². The summed E-state index contributed by atoms with van der Waals surface area (Å²) >= 11 is 0. The summed E-state index contributed by atoms with van der Waals surface area (Å²) in [6.07, 6.45) is 0.299. The van der Waals surface area contributed by atoms with Crippen LogP contribution in [0.3, 0.4) is 0 Å². The molecule has 3 nitrogen and oxygen atoms in total. The van der Waals surface area contributed by atoms with E-state index in [1.807, 2.05) is 27.7 Å². The van der Waals surface area contributed by atoms with Crippen LogP contribution in [0.2, 0.25) is 0 Å². The molecule has 0 saturated heterocycles. The van der Waals surface area contributed by atoms with Crippen molar-refractivity contribution in [3.05, 3.63) is 0 Å². The van der Waals surface area contributed by atoms with Gasteiger partial charge >= 0.3 is 0 Å². The number of hydrogen-bond acceptors (Lipinski definition) is 3. The first kappa shape index (κ1) is 12.9. The summed E-state index contributed by atoms with van der Waals surface area (Å²) in [6.45, 7) is 8.86. The van der Waals surface area contributed by atoms with Crippen molar-refractivity contribution >= 4 is 0 Å². The summed E-state index contributed by atoms with van der Waals surface area (Å²) < 4.78 is 5.25. The van der Waals surface area contributed by atoms with Gasteiger partial charge < -0.3 is 15.2 Å². The molecule has 0 rings (SSSR count). The summed E-state index contributed by atoms with van der Waals surface area (Å²) in [4.78, 5) is 0. The van der Waals surface area contributed by atoms with Crippen molar-refractivity contribution < 1.29 is 9.84 Å². The fourth-order valence-electron chi connectivity index (χ4n) is 1.22. The lowest BCUT2D eigenvalue weighted by Crippen LogP contribution is -2.41. The van der Waals surface area contributed by atoms with Gasteiger partial charge in [-0.25, -0.2) is 0 Å². The fraction of sp³-hybridized carbons (Fsp3) is 1.00. The Kier molecular flexibility index (Phi) is 5.53. The van der Waals surface area contributed by atoms with Gasteiger partial charge in [0.15, 0.2) is 0 Å². The van der Waals surface area contributed by atoms with Crippen molar-refractivity contribution in [1.82, 2.24) is 5.32 Å². The smallest absolute Gasteiger partial charge is 0.0717 e. The van der Waals surface area contributed by atoms with E-state index in [1.165, 1.54) is 0 Å². The summed E-state index contributed by atoms with van der Waals surface area (Å²) in [7, 11) is 1.67. The Balaban J connectivity index is 3.91. The van der Waals surface area contributed by atoms with Crippen molar-refractivity contribution in [1.29, 1.82) is 0 Å². The summed E-state index contributed by atoms with van der Waals surface area (Å²) in [6, 6.07) is 0.124. The van der Waals surface area contributed by atoms with Crippen LogP contribution in [-0.2, 0) is 4.74 Å². The van der Waals surface area contributed by atoms with Crippen molar-refractivity contribution in [3.63, 3.8) is 0 Å². The number of nitrogens with one attached hydrogen (secondary N) is 1. The highest BCUT2D eigenvalue weighted by Gasteiger charge is 2.24. The van der Waals surface area contributed by atoms with E-state index in [0.29, 0.717) is 6.42 Å². The van der Waals surface area contributed by atoms with E-state index in [-0.39, 0.29) is 17.7 Å². The minimum atomic E-state index is -0.352. The Labute approximate surface area is 81.5 Å². The van der Waals surface area contributed by atoms with Gasteiger partial charge in [0.1, 0.15) is 0 Å². The summed E-state index contributed by atoms with van der Waals surface area (Å²) in [5, 5.41) is 13.0. The van der Waals surface area contributed by atoms with Crippen molar-refractivity contribution in [3.8, 4) is 0 Å². The van der Waals surface area contributed by atoms with E-state index < -0.39 is 0 Å². The molecule has 0 aromatic heterocycles. The molecule has 0 aromatic carbocycles. The van der Waals surface area contributed by atoms with Crippen molar-refractivity contribution in [2.75, 3.05) is 13.7 Å². The summed E-state index contributed by atoms with van der Waals surface area (Å²) in [5.41, 5.74) is -0.247. The van der Waals surface area contributed by atoms with Gasteiger partial charge in [-0.1, -0.05) is 6.92 Å². The largest absolute Gasteiger partial charge is 0.391 e. The predicted molar refractivity (Wildman–Crippen MR) is 54.9 cm³/mol. The molecule has 2 atom stereocenters. The summed E-state index contributed by atoms with van der Waals surface area (Å²) in [5.74, 6) is 0. The first-order valence-electron chi connectivity index (χ1n) is 4.89. The molecule has 13 heavy (non-hydrogen) atoms. The molecule has 2 unspecified atom stereocenters. The molecule has 0 fully saturated rings. The molecular formula is C10H23NO2. The Hall–Kier alpha value is -0.120. The van der Waals surface area contributed by atoms with E-state index in [0.717, 1.165) is 6.54 Å². The number of aliphatic hydroxyl groups is 1. The average molecular weight is 189 g/mol. The van der Waals surface area contributed by atoms with Crippen molar-refractivity contribution in [2.45, 2.75) is 51.9 Å². The standard InChI is InChI=1S/C10H23NO2/c1-6-11-8(2)9(12)7-10(3,4)13-5/h8-9,11-12H,6-7H2,1-5H3. The van der Waals surface area contributed by atoms with Crippen LogP contribution in [0, 0.1) is 0 Å². The van der Waals surface area contributed by atoms with Gasteiger partial charge in [-0.05, 0) is 27.3 Å². The molecule has 0 heterocycles. The Morgan fingerprint density at radius 2 is 2.00 bits per heavy atom. The number of aliphatic hydroxyl groups excluding tert-OH is 1. The molecule has 3 heteroatoms. The molecule has 2 N–H and O–H groups in total. The molecule has 0 radical (unpaired) electrons. The molecule has 0 aliphatic rings. The van der Waals surface area contributed by atoms with Gasteiger partial charge in [-0.15, -0.1) is 0 Å². The topological polar surface area (TPSA) is 41.5 Å². The predicted octanol–water partition coefficient (Wildman–Crippen LogP) is 1.16. The Morgan fingerprint density at radius 3 is 2.38 bits per heavy atom. The molecule has 0 saturated carbocycles. The van der Waals surface area contributed by atoms with Gasteiger partial charge in [0.25, 0.3) is 0 Å². The normalized spacial score (nSPS) is 17.1. The first-order valence-corrected chi connectivity index (χ1v) is 4.89. The molecule has 0 aliphatic carbocycles. The highest BCUT2D eigenvalue weighted by atomic mass is 16.5. The lowest BCUT2D eigenvalue weighted by atomic mass is 9.97. The van der Waals surface area contributed by atoms with Gasteiger partial charge in [-0.2, -0.15) is 0 Å². The van der Waals surface area contributed by atoms with Gasteiger partial charge in [-0.3, -0.25) is 0 Å². The fourth-order valence-corrected chi connectivity index (χ4v) is 1.22. The van der Waals surface area contributed by atoms with Crippen molar-refractivity contribution in [2.24, 2.45) is 0 Å². The second kappa shape index (κ2) is 5.58. The first-order chi connectivity index (χ1) is 5.93. The monoisotopic (exact) mass is 189 g/mol. The molecule has 0 aliphatic heterocycles. The van der Waals surface area contributed by atoms with Crippen LogP contribution in [0.25, 0.3) is 0 Å². The SMILES string of the molecule is CCNC(C)C(O)CC(C)(C)OC. The van der Waals surface area contributed by atoms with Crippen LogP contribution in [0.1, 0.15) is 34.1 Å². The lowest BCUT2D eigenvalue weighted by Gasteiger charge is -2.29. The van der Waals surface area contributed by atoms with Crippen LogP contribution < -0.4 is 5.32 Å². The number of likely N-dealkylation sites (N-methyl/N-ethyl adjacent to an activating group) is 1. The molecular weight excluding hydrogens is 166 g/mol. The third-order valence-corrected chi connectivity index (χ3v) is 2.36. The maximum absolute atomic E-state index is 9.77. The van der Waals surface area contributed by atoms with E-state index >= 15 is 0 Å². The molecule has 80 valence electrons. The van der Waals surface area contributed by atoms with Crippen LogP contribution in [0.5, 0.6) is 0 Å². The molecule has 0 bridgehead atoms. The van der Waals surface area contributed by atoms with Gasteiger partial charge in [0.05, 0.1) is 11.7 Å². The Bertz CT molecular complexity index is 137. The lowest BCUT2D eigenvalue weighted by molar-refractivity contribution is -0.0265. The maximum Gasteiger partial charge on any atom is 0.0717 e. The minimum Gasteiger partial charge on any atom is -0.391 e. The van der Waals surface area contributed by atoms with Crippen LogP contribution in [0.4, 0.5) is 0 Å². The number of ether oxygens (including phenoxy) is 1. The maximum atomic E-state index is 9.77. The zero-order chi connectivity index (χ0) is 10.5. The zero-order valence-electron chi connectivity index (χ0n) is 9.42. The number of hydrogen-bond donors (Lipinski definition) is 2. The quantitative estimate of drug-likeness (QED) is 0.659. The second-order valence-corrected chi connectivity index (χ2v) is 4.08. The third-order valence-electron chi connectivity index (χ3n) is 2.36. The van der Waals surface area contributed by atoms with E-state index in [1.54, 1.807) is 7.11 Å². The highest BCUT2D eigenvalue weighted by molar-refractivity contribution is 4.79. The van der Waals surface area contributed by atoms with Gasteiger partial charge in [0, 0.05) is 19.6 Å². The third kappa shape index (κ3) is 5.24. The van der Waals surface area contributed by atoms with E-state index in [4.69, 9.17) is 4.74 Å². The number of rotatable bonds is 6. The van der Waals surface area contributed by atoms with E-state index in [2.05, 4.69) is 5.32 Å². The molecule has 0 amide bonds. The highest BCUT2D eigenvalue weighted by Crippen LogP contribution is 2.17. The Morgan fingerprint density at radius 1 is 1.46 bits per heavy atom. The second-order valence-electron chi connectivity index (χ2n) is 4.08. The van der Waals surface area contributed by atoms with E-state index in [9.17, 15) is 5.11 Å². The van der Waals surface area contributed by atoms with Crippen LogP contribution in [0.15, 0.2) is 0 Å². The van der Waals surface area contributed by atoms with Crippen LogP contribution in [-0.4, -0.2) is 36.5 Å². The van der Waals surface area contributed by atoms with Gasteiger partial charge in [0.2, 0.25) is 0 Å². The number of methoxy groups -OCH3 is 1. The molecule has 0 spiro atoms. The zero-order valence-corrected chi connectivity index (χ0v) is 9.42. The average Bonchev–Trinajstić information content (AvgIpc) is 2.04. The minimum absolute atomic E-state index is 0.124.